The summed E-state index contributed by atoms with van der Waals surface area (Å²) in [6, 6.07) is 25.7. The van der Waals surface area contributed by atoms with Crippen molar-refractivity contribution in [1.29, 1.82) is 0 Å². The summed E-state index contributed by atoms with van der Waals surface area (Å²) >= 11 is 0. The molecule has 0 aliphatic rings. The minimum absolute atomic E-state index is 0.117. The van der Waals surface area contributed by atoms with Gasteiger partial charge in [0.15, 0.2) is 0 Å². The van der Waals surface area contributed by atoms with E-state index in [2.05, 4.69) is 9.47 Å². The molecule has 4 rings (SSSR count). The maximum Gasteiger partial charge on any atom is 0.346 e. The van der Waals surface area contributed by atoms with Gasteiger partial charge in [-0.25, -0.2) is 19.2 Å². The minimum atomic E-state index is -0.785. The third-order valence-electron chi connectivity index (χ3n) is 14.8. The lowest BCUT2D eigenvalue weighted by Crippen LogP contribution is -2.12. The van der Waals surface area contributed by atoms with Gasteiger partial charge in [-0.2, -0.15) is 0 Å². The van der Waals surface area contributed by atoms with Crippen LogP contribution in [0.3, 0.4) is 0 Å². The van der Waals surface area contributed by atoms with Crippen LogP contribution in [-0.2, 0) is 57.2 Å². The molecule has 0 radical (unpaired) electrons. The zero-order valence-electron chi connectivity index (χ0n) is 53.9. The first-order valence-electron chi connectivity index (χ1n) is 32.8. The first-order chi connectivity index (χ1) is 44.7. The summed E-state index contributed by atoms with van der Waals surface area (Å²) in [6.07, 6.45) is 23.1. The molecular formula is C72H94O20. The lowest BCUT2D eigenvalue weighted by atomic mass is 10.1. The number of hydrogen-bond acceptors (Lipinski definition) is 20. The van der Waals surface area contributed by atoms with E-state index in [-0.39, 0.29) is 59.9 Å². The van der Waals surface area contributed by atoms with Crippen LogP contribution < -0.4 is 18.9 Å². The molecule has 20 nitrogen and oxygen atoms in total. The number of ether oxygens (including phenoxy) is 10. The molecule has 0 aromatic heterocycles. The van der Waals surface area contributed by atoms with Gasteiger partial charge < -0.3 is 47.4 Å². The van der Waals surface area contributed by atoms with Crippen LogP contribution in [-0.4, -0.2) is 100 Å². The molecule has 0 unspecified atom stereocenters. The van der Waals surface area contributed by atoms with E-state index in [0.717, 1.165) is 141 Å². The summed E-state index contributed by atoms with van der Waals surface area (Å²) in [4.78, 5) is 121. The molecule has 0 N–H and O–H groups in total. The molecule has 0 atom stereocenters. The summed E-state index contributed by atoms with van der Waals surface area (Å²) in [5.74, 6) is -3.19. The SMILES string of the molecule is COC(=O)CCCCCCCCC(=O)OC(=O)CCCCCCCCC(=O)OC(=O)c1ccc(OCCCCCCOc2ccc(C(=O)OC(=O)c3ccc(OCCCCCCOc4ccc(C(=O)OC(=O)CCCCCCCCC(=O)OC)cc4)cc3)cc2)cc1. The maximum absolute atomic E-state index is 12.8. The van der Waals surface area contributed by atoms with Crippen molar-refractivity contribution >= 4 is 59.7 Å². The van der Waals surface area contributed by atoms with E-state index in [0.29, 0.717) is 88.0 Å². The molecule has 0 spiro atoms. The highest BCUT2D eigenvalue weighted by Crippen LogP contribution is 2.21. The first-order valence-corrected chi connectivity index (χ1v) is 32.8. The molecule has 0 saturated carbocycles. The number of methoxy groups -OCH3 is 2. The van der Waals surface area contributed by atoms with E-state index < -0.39 is 47.8 Å². The summed E-state index contributed by atoms with van der Waals surface area (Å²) in [6.45, 7) is 1.92. The fraction of sp³-hybridized carbons (Fsp3) is 0.528. The zero-order chi connectivity index (χ0) is 66.2. The van der Waals surface area contributed by atoms with Crippen LogP contribution in [0.15, 0.2) is 97.1 Å². The van der Waals surface area contributed by atoms with E-state index in [4.69, 9.17) is 37.9 Å². The van der Waals surface area contributed by atoms with Crippen LogP contribution in [0.25, 0.3) is 0 Å². The fourth-order valence-electron chi connectivity index (χ4n) is 9.42. The zero-order valence-corrected chi connectivity index (χ0v) is 53.9. The van der Waals surface area contributed by atoms with Crippen molar-refractivity contribution in [2.24, 2.45) is 0 Å². The summed E-state index contributed by atoms with van der Waals surface area (Å²) in [5.41, 5.74) is 0.913. The number of hydrogen-bond donors (Lipinski definition) is 0. The smallest absolute Gasteiger partial charge is 0.346 e. The van der Waals surface area contributed by atoms with Crippen LogP contribution in [0.2, 0.25) is 0 Å². The van der Waals surface area contributed by atoms with Gasteiger partial charge in [-0.05, 0) is 187 Å². The number of carbonyl (C=O) groups is 10. The lowest BCUT2D eigenvalue weighted by molar-refractivity contribution is -0.160. The Morgan fingerprint density at radius 1 is 0.217 bits per heavy atom. The van der Waals surface area contributed by atoms with Gasteiger partial charge in [-0.1, -0.05) is 77.0 Å². The fourth-order valence-corrected chi connectivity index (χ4v) is 9.42. The van der Waals surface area contributed by atoms with Crippen molar-refractivity contribution in [1.82, 2.24) is 0 Å². The Morgan fingerprint density at radius 2 is 0.402 bits per heavy atom. The van der Waals surface area contributed by atoms with Gasteiger partial charge in [0.25, 0.3) is 0 Å². The van der Waals surface area contributed by atoms with Gasteiger partial charge in [0.1, 0.15) is 23.0 Å². The van der Waals surface area contributed by atoms with Gasteiger partial charge in [-0.15, -0.1) is 0 Å². The average molecular weight is 1280 g/mol. The van der Waals surface area contributed by atoms with Crippen molar-refractivity contribution < 1.29 is 95.3 Å². The van der Waals surface area contributed by atoms with Crippen LogP contribution in [0, 0.1) is 0 Å². The van der Waals surface area contributed by atoms with Crippen LogP contribution in [0.4, 0.5) is 0 Å². The molecule has 0 fully saturated rings. The van der Waals surface area contributed by atoms with Gasteiger partial charge in [0, 0.05) is 38.5 Å². The Bertz CT molecular complexity index is 2830. The standard InChI is InChI=1S/C72H94O20/c1-83-63(73)29-19-9-3-5-11-21-31-65(75)89-66(76)32-22-12-7-8-14-24-34-68(78)91-70(80)56-37-45-60(46-38-56)86-52-26-16-18-28-54-88-62-49-41-58(42-50-62)72(82)92-71(81)57-39-47-61(48-40-57)87-53-27-17-15-25-51-85-59-43-35-55(36-44-59)69(79)90-67(77)33-23-13-6-4-10-20-30-64(74)84-2/h35-50H,3-34,51-54H2,1-2H3. The topological polar surface area (TPSA) is 263 Å². The Hall–Kier alpha value is -8.42. The van der Waals surface area contributed by atoms with Crippen LogP contribution >= 0.6 is 0 Å². The number of carbonyl (C=O) groups excluding carboxylic acids is 10. The van der Waals surface area contributed by atoms with Crippen molar-refractivity contribution in [3.63, 3.8) is 0 Å². The molecule has 4 aromatic rings. The third-order valence-corrected chi connectivity index (χ3v) is 14.8. The second-order valence-electron chi connectivity index (χ2n) is 22.4. The molecule has 0 amide bonds. The normalized spacial score (nSPS) is 10.8. The average Bonchev–Trinajstić information content (AvgIpc) is 1.62. The second kappa shape index (κ2) is 47.5. The quantitative estimate of drug-likeness (QED) is 0.0172. The monoisotopic (exact) mass is 1280 g/mol. The minimum Gasteiger partial charge on any atom is -0.494 e. The van der Waals surface area contributed by atoms with Gasteiger partial charge in [0.05, 0.1) is 62.9 Å². The number of esters is 10. The Balaban J connectivity index is 0.931. The van der Waals surface area contributed by atoms with E-state index in [1.165, 1.54) is 26.4 Å². The van der Waals surface area contributed by atoms with E-state index in [1.807, 2.05) is 0 Å². The molecule has 20 heteroatoms. The Kier molecular flexibility index (Phi) is 39.2. The highest BCUT2D eigenvalue weighted by atomic mass is 16.6. The van der Waals surface area contributed by atoms with Crippen molar-refractivity contribution in [3.05, 3.63) is 119 Å². The van der Waals surface area contributed by atoms with Crippen molar-refractivity contribution in [2.75, 3.05) is 40.6 Å². The van der Waals surface area contributed by atoms with Crippen LogP contribution in [0.5, 0.6) is 23.0 Å². The van der Waals surface area contributed by atoms with Crippen molar-refractivity contribution in [2.45, 2.75) is 205 Å². The summed E-state index contributed by atoms with van der Waals surface area (Å²) in [5, 5.41) is 0. The largest absolute Gasteiger partial charge is 0.494 e. The van der Waals surface area contributed by atoms with E-state index >= 15 is 0 Å². The third kappa shape index (κ3) is 35.3. The maximum atomic E-state index is 12.8. The Labute approximate surface area is 541 Å². The highest BCUT2D eigenvalue weighted by Gasteiger charge is 2.18. The molecule has 0 heterocycles. The molecule has 0 aliphatic carbocycles. The van der Waals surface area contributed by atoms with Gasteiger partial charge in [-0.3, -0.25) is 28.8 Å². The van der Waals surface area contributed by atoms with Crippen LogP contribution in [0.1, 0.15) is 247 Å². The molecule has 502 valence electrons. The van der Waals surface area contributed by atoms with E-state index in [1.54, 1.807) is 84.9 Å². The summed E-state index contributed by atoms with van der Waals surface area (Å²) in [7, 11) is 2.76. The summed E-state index contributed by atoms with van der Waals surface area (Å²) < 4.78 is 52.6. The number of benzene rings is 4. The van der Waals surface area contributed by atoms with Gasteiger partial charge in [0.2, 0.25) is 0 Å². The van der Waals surface area contributed by atoms with Crippen molar-refractivity contribution in [3.8, 4) is 23.0 Å². The molecule has 0 bridgehead atoms. The Morgan fingerprint density at radius 3 is 0.630 bits per heavy atom. The molecule has 0 saturated heterocycles. The number of unbranched alkanes of at least 4 members (excludes halogenated alkanes) is 21. The molecule has 92 heavy (non-hydrogen) atoms. The molecule has 4 aromatic carbocycles. The van der Waals surface area contributed by atoms with Gasteiger partial charge >= 0.3 is 59.7 Å². The number of rotatable bonds is 49. The molecular weight excluding hydrogens is 1180 g/mol. The van der Waals surface area contributed by atoms with E-state index in [9.17, 15) is 47.9 Å². The predicted octanol–water partition coefficient (Wildman–Crippen LogP) is 14.9. The second-order valence-corrected chi connectivity index (χ2v) is 22.4. The lowest BCUT2D eigenvalue weighted by Gasteiger charge is -2.09. The highest BCUT2D eigenvalue weighted by molar-refractivity contribution is 6.02. The molecule has 0 aliphatic heterocycles. The first kappa shape index (κ1) is 76.0. The predicted molar refractivity (Wildman–Crippen MR) is 341 cm³/mol.